The molecule has 3 N–H and O–H groups in total. The summed E-state index contributed by atoms with van der Waals surface area (Å²) < 4.78 is 13.6. The average molecular weight is 302 g/mol. The van der Waals surface area contributed by atoms with E-state index in [-0.39, 0.29) is 29.4 Å². The van der Waals surface area contributed by atoms with Crippen molar-refractivity contribution in [1.29, 1.82) is 0 Å². The second kappa shape index (κ2) is 6.39. The Morgan fingerprint density at radius 3 is 3.00 bits per heavy atom. The number of halogens is 2. The molecule has 2 unspecified atom stereocenters. The fourth-order valence-electron chi connectivity index (χ4n) is 2.34. The quantitative estimate of drug-likeness (QED) is 0.796. The largest absolute Gasteiger partial charge is 0.395 e. The first kappa shape index (κ1) is 15.0. The molecule has 1 aliphatic rings. The molecular weight excluding hydrogens is 285 g/mol. The predicted molar refractivity (Wildman–Crippen MR) is 75.5 cm³/mol. The summed E-state index contributed by atoms with van der Waals surface area (Å²) in [6.45, 7) is 0.704. The lowest BCUT2D eigenvalue weighted by molar-refractivity contribution is 0.182. The van der Waals surface area contributed by atoms with Gasteiger partial charge in [0.2, 0.25) is 0 Å². The number of amides is 2. The molecule has 0 bridgehead atoms. The Balaban J connectivity index is 1.92. The Morgan fingerprint density at radius 1 is 1.60 bits per heavy atom. The van der Waals surface area contributed by atoms with Gasteiger partial charge < -0.3 is 15.7 Å². The summed E-state index contributed by atoms with van der Waals surface area (Å²) >= 11 is 5.64. The minimum absolute atomic E-state index is 0.0382. The van der Waals surface area contributed by atoms with Crippen molar-refractivity contribution in [2.24, 2.45) is 0 Å². The van der Waals surface area contributed by atoms with Crippen LogP contribution < -0.4 is 10.6 Å². The van der Waals surface area contributed by atoms with E-state index < -0.39 is 11.8 Å². The van der Waals surface area contributed by atoms with Gasteiger partial charge in [-0.25, -0.2) is 9.18 Å². The Kier molecular flexibility index (Phi) is 4.80. The molecular formula is C13H17ClFN3O2. The summed E-state index contributed by atoms with van der Waals surface area (Å²) in [4.78, 5) is 13.8. The van der Waals surface area contributed by atoms with E-state index in [2.05, 4.69) is 10.6 Å². The van der Waals surface area contributed by atoms with Gasteiger partial charge in [-0.15, -0.1) is 0 Å². The topological polar surface area (TPSA) is 64.6 Å². The number of nitrogens with one attached hydrogen (secondary N) is 2. The summed E-state index contributed by atoms with van der Waals surface area (Å²) in [5.74, 6) is -0.652. The van der Waals surface area contributed by atoms with Crippen LogP contribution in [0.2, 0.25) is 5.02 Å². The average Bonchev–Trinajstić information content (AvgIpc) is 2.75. The fourth-order valence-corrected chi connectivity index (χ4v) is 2.52. The van der Waals surface area contributed by atoms with Crippen LogP contribution in [0.15, 0.2) is 18.2 Å². The van der Waals surface area contributed by atoms with Gasteiger partial charge in [0.25, 0.3) is 0 Å². The molecule has 1 saturated heterocycles. The highest BCUT2D eigenvalue weighted by Crippen LogP contribution is 2.22. The molecule has 1 aromatic rings. The third kappa shape index (κ3) is 3.39. The number of anilines is 1. The van der Waals surface area contributed by atoms with Crippen molar-refractivity contribution in [1.82, 2.24) is 10.2 Å². The molecule has 110 valence electrons. The summed E-state index contributed by atoms with van der Waals surface area (Å²) in [5.41, 5.74) is 0.0417. The van der Waals surface area contributed by atoms with Crippen molar-refractivity contribution in [2.45, 2.75) is 18.5 Å². The number of hydrogen-bond acceptors (Lipinski definition) is 3. The molecule has 5 nitrogen and oxygen atoms in total. The number of aliphatic hydroxyl groups excluding tert-OH is 1. The monoisotopic (exact) mass is 301 g/mol. The molecule has 0 radical (unpaired) electrons. The summed E-state index contributed by atoms with van der Waals surface area (Å²) in [6, 6.07) is 3.91. The van der Waals surface area contributed by atoms with Gasteiger partial charge >= 0.3 is 6.03 Å². The summed E-state index contributed by atoms with van der Waals surface area (Å²) in [7, 11) is 1.89. The highest BCUT2D eigenvalue weighted by atomic mass is 35.5. The van der Waals surface area contributed by atoms with E-state index in [0.29, 0.717) is 13.0 Å². The van der Waals surface area contributed by atoms with Crippen LogP contribution in [0.4, 0.5) is 14.9 Å². The fraction of sp³-hybridized carbons (Fsp3) is 0.462. The predicted octanol–water partition coefficient (Wildman–Crippen LogP) is 1.67. The normalized spacial score (nSPS) is 22.8. The number of aliphatic hydroxyl groups is 1. The van der Waals surface area contributed by atoms with Crippen molar-refractivity contribution in [2.75, 3.05) is 25.5 Å². The first-order valence-electron chi connectivity index (χ1n) is 6.34. The standard InChI is InChI=1S/C13H17ClFN3O2/c1-18-6-8(5-9(18)7-19)16-13(20)17-11-4-2-3-10(14)12(11)15/h2-4,8-9,19H,5-7H2,1H3,(H2,16,17,20). The van der Waals surface area contributed by atoms with E-state index >= 15 is 0 Å². The van der Waals surface area contributed by atoms with Crippen LogP contribution in [0.1, 0.15) is 6.42 Å². The van der Waals surface area contributed by atoms with E-state index in [9.17, 15) is 9.18 Å². The Hall–Kier alpha value is -1.37. The second-order valence-corrected chi connectivity index (χ2v) is 5.32. The maximum absolute atomic E-state index is 13.6. The second-order valence-electron chi connectivity index (χ2n) is 4.91. The number of rotatable bonds is 3. The number of carbonyl (C=O) groups is 1. The van der Waals surface area contributed by atoms with Crippen molar-refractivity contribution >= 4 is 23.3 Å². The zero-order valence-corrected chi connectivity index (χ0v) is 11.8. The van der Waals surface area contributed by atoms with Gasteiger partial charge in [0.1, 0.15) is 0 Å². The molecule has 1 aromatic carbocycles. The number of hydrogen-bond donors (Lipinski definition) is 3. The summed E-state index contributed by atoms with van der Waals surface area (Å²) in [6.07, 6.45) is 0.665. The molecule has 0 saturated carbocycles. The van der Waals surface area contributed by atoms with Crippen LogP contribution in [-0.4, -0.2) is 48.3 Å². The lowest BCUT2D eigenvalue weighted by Crippen LogP contribution is -2.39. The van der Waals surface area contributed by atoms with Crippen LogP contribution in [0, 0.1) is 5.82 Å². The summed E-state index contributed by atoms with van der Waals surface area (Å²) in [5, 5.41) is 14.3. The molecule has 0 spiro atoms. The Bertz CT molecular complexity index is 501. The molecule has 2 rings (SSSR count). The van der Waals surface area contributed by atoms with Gasteiger partial charge in [0, 0.05) is 18.6 Å². The number of likely N-dealkylation sites (tertiary alicyclic amines) is 1. The van der Waals surface area contributed by atoms with Crippen LogP contribution in [0.5, 0.6) is 0 Å². The zero-order chi connectivity index (χ0) is 14.7. The van der Waals surface area contributed by atoms with Crippen LogP contribution in [0.25, 0.3) is 0 Å². The Labute approximate surface area is 121 Å². The molecule has 1 fully saturated rings. The highest BCUT2D eigenvalue weighted by Gasteiger charge is 2.29. The third-order valence-corrected chi connectivity index (χ3v) is 3.73. The SMILES string of the molecule is CN1CC(NC(=O)Nc2cccc(Cl)c2F)CC1CO. The van der Waals surface area contributed by atoms with E-state index in [1.54, 1.807) is 6.07 Å². The number of urea groups is 1. The number of carbonyl (C=O) groups excluding carboxylic acids is 1. The van der Waals surface area contributed by atoms with Crippen molar-refractivity contribution in [3.63, 3.8) is 0 Å². The lowest BCUT2D eigenvalue weighted by atomic mass is 10.2. The maximum Gasteiger partial charge on any atom is 0.319 e. The maximum atomic E-state index is 13.6. The van der Waals surface area contributed by atoms with E-state index in [4.69, 9.17) is 16.7 Å². The molecule has 1 aliphatic heterocycles. The number of likely N-dealkylation sites (N-methyl/N-ethyl adjacent to an activating group) is 1. The third-order valence-electron chi connectivity index (χ3n) is 3.43. The first-order valence-corrected chi connectivity index (χ1v) is 6.71. The number of benzene rings is 1. The van der Waals surface area contributed by atoms with Gasteiger partial charge in [-0.3, -0.25) is 4.90 Å². The molecule has 20 heavy (non-hydrogen) atoms. The van der Waals surface area contributed by atoms with Gasteiger partial charge in [-0.05, 0) is 25.6 Å². The van der Waals surface area contributed by atoms with Gasteiger partial charge in [-0.1, -0.05) is 17.7 Å². The van der Waals surface area contributed by atoms with E-state index in [0.717, 1.165) is 0 Å². The molecule has 7 heteroatoms. The van der Waals surface area contributed by atoms with Gasteiger partial charge in [0.15, 0.2) is 5.82 Å². The molecule has 0 aromatic heterocycles. The first-order chi connectivity index (χ1) is 9.51. The minimum Gasteiger partial charge on any atom is -0.395 e. The molecule has 2 amide bonds. The van der Waals surface area contributed by atoms with Crippen LogP contribution >= 0.6 is 11.6 Å². The molecule has 0 aliphatic carbocycles. The van der Waals surface area contributed by atoms with Crippen LogP contribution in [0.3, 0.4) is 0 Å². The van der Waals surface area contributed by atoms with Gasteiger partial charge in [-0.2, -0.15) is 0 Å². The minimum atomic E-state index is -0.652. The number of nitrogens with zero attached hydrogens (tertiary/aromatic N) is 1. The van der Waals surface area contributed by atoms with Crippen LogP contribution in [-0.2, 0) is 0 Å². The smallest absolute Gasteiger partial charge is 0.319 e. The highest BCUT2D eigenvalue weighted by molar-refractivity contribution is 6.31. The Morgan fingerprint density at radius 2 is 2.35 bits per heavy atom. The zero-order valence-electron chi connectivity index (χ0n) is 11.1. The lowest BCUT2D eigenvalue weighted by Gasteiger charge is -2.15. The molecule has 2 atom stereocenters. The van der Waals surface area contributed by atoms with Crippen molar-refractivity contribution < 1.29 is 14.3 Å². The van der Waals surface area contributed by atoms with Crippen molar-refractivity contribution in [3.8, 4) is 0 Å². The van der Waals surface area contributed by atoms with Crippen molar-refractivity contribution in [3.05, 3.63) is 29.0 Å². The van der Waals surface area contributed by atoms with E-state index in [1.165, 1.54) is 12.1 Å². The van der Waals surface area contributed by atoms with Gasteiger partial charge in [0.05, 0.1) is 17.3 Å². The molecule has 1 heterocycles. The van der Waals surface area contributed by atoms with E-state index in [1.807, 2.05) is 11.9 Å².